The van der Waals surface area contributed by atoms with Gasteiger partial charge in [0.1, 0.15) is 5.82 Å². The monoisotopic (exact) mass is 220 g/mol. The van der Waals surface area contributed by atoms with E-state index in [2.05, 4.69) is 27.5 Å². The van der Waals surface area contributed by atoms with E-state index in [1.807, 2.05) is 19.9 Å². The highest BCUT2D eigenvalue weighted by Crippen LogP contribution is 2.35. The zero-order valence-corrected chi connectivity index (χ0v) is 10.2. The quantitative estimate of drug-likeness (QED) is 0.800. The van der Waals surface area contributed by atoms with Crippen LogP contribution >= 0.6 is 0 Å². The molecular weight excluding hydrogens is 200 g/mol. The van der Waals surface area contributed by atoms with Gasteiger partial charge in [-0.05, 0) is 26.2 Å². The predicted octanol–water partition coefficient (Wildman–Crippen LogP) is 2.43. The van der Waals surface area contributed by atoms with Gasteiger partial charge < -0.3 is 10.6 Å². The molecule has 2 unspecified atom stereocenters. The molecule has 0 bridgehead atoms. The van der Waals surface area contributed by atoms with Crippen LogP contribution in [0.2, 0.25) is 0 Å². The van der Waals surface area contributed by atoms with Crippen molar-refractivity contribution in [2.75, 3.05) is 17.2 Å². The number of aryl methyl sites for hydroxylation is 1. The molecule has 0 amide bonds. The number of aromatic nitrogens is 2. The second kappa shape index (κ2) is 4.68. The van der Waals surface area contributed by atoms with Crippen molar-refractivity contribution >= 4 is 11.8 Å². The summed E-state index contributed by atoms with van der Waals surface area (Å²) in [5.74, 6) is 2.50. The van der Waals surface area contributed by atoms with E-state index in [-0.39, 0.29) is 0 Å². The summed E-state index contributed by atoms with van der Waals surface area (Å²) in [5.41, 5.74) is 1.00. The molecule has 1 aliphatic carbocycles. The van der Waals surface area contributed by atoms with Crippen molar-refractivity contribution in [1.29, 1.82) is 0 Å². The van der Waals surface area contributed by atoms with Crippen LogP contribution in [0.1, 0.15) is 32.4 Å². The fourth-order valence-electron chi connectivity index (χ4n) is 1.95. The van der Waals surface area contributed by atoms with Crippen molar-refractivity contribution in [3.8, 4) is 0 Å². The fraction of sp³-hybridized carbons (Fsp3) is 0.667. The van der Waals surface area contributed by atoms with E-state index >= 15 is 0 Å². The Morgan fingerprint density at radius 1 is 1.38 bits per heavy atom. The van der Waals surface area contributed by atoms with Crippen LogP contribution in [0.5, 0.6) is 0 Å². The molecule has 1 saturated carbocycles. The second-order valence-corrected chi connectivity index (χ2v) is 4.40. The molecule has 1 aliphatic rings. The topological polar surface area (TPSA) is 49.8 Å². The van der Waals surface area contributed by atoms with E-state index in [4.69, 9.17) is 0 Å². The van der Waals surface area contributed by atoms with E-state index in [1.165, 1.54) is 12.8 Å². The molecule has 88 valence electrons. The third-order valence-electron chi connectivity index (χ3n) is 2.97. The predicted molar refractivity (Wildman–Crippen MR) is 66.7 cm³/mol. The summed E-state index contributed by atoms with van der Waals surface area (Å²) in [4.78, 5) is 8.77. The zero-order valence-electron chi connectivity index (χ0n) is 10.2. The van der Waals surface area contributed by atoms with Crippen LogP contribution in [0, 0.1) is 12.8 Å². The van der Waals surface area contributed by atoms with E-state index in [0.29, 0.717) is 6.04 Å². The molecule has 2 N–H and O–H groups in total. The summed E-state index contributed by atoms with van der Waals surface area (Å²) in [5, 5.41) is 6.61. The van der Waals surface area contributed by atoms with Crippen molar-refractivity contribution in [1.82, 2.24) is 9.97 Å². The van der Waals surface area contributed by atoms with Gasteiger partial charge in [-0.2, -0.15) is 4.98 Å². The molecule has 2 rings (SSSR count). The molecule has 4 nitrogen and oxygen atoms in total. The molecule has 1 fully saturated rings. The lowest BCUT2D eigenvalue weighted by molar-refractivity contribution is 0.773. The van der Waals surface area contributed by atoms with E-state index in [1.54, 1.807) is 0 Å². The molecule has 1 aromatic rings. The first kappa shape index (κ1) is 11.2. The van der Waals surface area contributed by atoms with Crippen LogP contribution in [0.4, 0.5) is 11.8 Å². The SMILES string of the molecule is CCNc1nc(C)cc(NC2CC2CC)n1. The highest BCUT2D eigenvalue weighted by atomic mass is 15.2. The summed E-state index contributed by atoms with van der Waals surface area (Å²) >= 11 is 0. The highest BCUT2D eigenvalue weighted by molar-refractivity contribution is 5.44. The van der Waals surface area contributed by atoms with Gasteiger partial charge in [-0.25, -0.2) is 4.98 Å². The Labute approximate surface area is 96.9 Å². The van der Waals surface area contributed by atoms with Gasteiger partial charge in [-0.3, -0.25) is 0 Å². The normalized spacial score (nSPS) is 22.9. The van der Waals surface area contributed by atoms with Gasteiger partial charge in [0, 0.05) is 24.3 Å². The lowest BCUT2D eigenvalue weighted by Crippen LogP contribution is -2.09. The van der Waals surface area contributed by atoms with Crippen LogP contribution < -0.4 is 10.6 Å². The Hall–Kier alpha value is -1.32. The lowest BCUT2D eigenvalue weighted by Gasteiger charge is -2.08. The van der Waals surface area contributed by atoms with Crippen LogP contribution in [0.15, 0.2) is 6.07 Å². The molecule has 0 saturated heterocycles. The molecule has 1 aromatic heterocycles. The summed E-state index contributed by atoms with van der Waals surface area (Å²) in [7, 11) is 0. The maximum Gasteiger partial charge on any atom is 0.224 e. The molecule has 0 aliphatic heterocycles. The van der Waals surface area contributed by atoms with E-state index < -0.39 is 0 Å². The first-order valence-electron chi connectivity index (χ1n) is 6.09. The van der Waals surface area contributed by atoms with Crippen molar-refractivity contribution < 1.29 is 0 Å². The van der Waals surface area contributed by atoms with E-state index in [9.17, 15) is 0 Å². The number of hydrogen-bond donors (Lipinski definition) is 2. The van der Waals surface area contributed by atoms with Crippen LogP contribution in [-0.2, 0) is 0 Å². The third kappa shape index (κ3) is 2.62. The highest BCUT2D eigenvalue weighted by Gasteiger charge is 2.35. The van der Waals surface area contributed by atoms with Crippen molar-refractivity contribution in [3.63, 3.8) is 0 Å². The van der Waals surface area contributed by atoms with Gasteiger partial charge in [0.05, 0.1) is 0 Å². The Balaban J connectivity index is 2.03. The molecule has 4 heteroatoms. The zero-order chi connectivity index (χ0) is 11.5. The molecule has 0 radical (unpaired) electrons. The van der Waals surface area contributed by atoms with Gasteiger partial charge in [0.15, 0.2) is 0 Å². The van der Waals surface area contributed by atoms with Crippen LogP contribution in [0.3, 0.4) is 0 Å². The molecule has 0 aromatic carbocycles. The Kier molecular flexibility index (Phi) is 3.27. The summed E-state index contributed by atoms with van der Waals surface area (Å²) in [6.07, 6.45) is 2.53. The average Bonchev–Trinajstić information content (AvgIpc) is 2.96. The minimum absolute atomic E-state index is 0.619. The van der Waals surface area contributed by atoms with Gasteiger partial charge in [-0.15, -0.1) is 0 Å². The third-order valence-corrected chi connectivity index (χ3v) is 2.97. The van der Waals surface area contributed by atoms with Crippen molar-refractivity contribution in [2.45, 2.75) is 39.7 Å². The van der Waals surface area contributed by atoms with Gasteiger partial charge in [-0.1, -0.05) is 13.3 Å². The van der Waals surface area contributed by atoms with Crippen LogP contribution in [0.25, 0.3) is 0 Å². The molecule has 0 spiro atoms. The largest absolute Gasteiger partial charge is 0.367 e. The summed E-state index contributed by atoms with van der Waals surface area (Å²) < 4.78 is 0. The summed E-state index contributed by atoms with van der Waals surface area (Å²) in [6.45, 7) is 7.14. The first-order chi connectivity index (χ1) is 7.72. The Morgan fingerprint density at radius 2 is 2.19 bits per heavy atom. The molecule has 1 heterocycles. The standard InChI is InChI=1S/C12H20N4/c1-4-9-7-10(9)15-11-6-8(3)14-12(16-11)13-5-2/h6,9-10H,4-5,7H2,1-3H3,(H2,13,14,15,16). The number of nitrogens with one attached hydrogen (secondary N) is 2. The smallest absolute Gasteiger partial charge is 0.224 e. The average molecular weight is 220 g/mol. The van der Waals surface area contributed by atoms with E-state index in [0.717, 1.165) is 29.9 Å². The maximum atomic E-state index is 4.44. The molecule has 2 atom stereocenters. The number of anilines is 2. The minimum Gasteiger partial charge on any atom is -0.367 e. The Morgan fingerprint density at radius 3 is 2.81 bits per heavy atom. The second-order valence-electron chi connectivity index (χ2n) is 4.40. The van der Waals surface area contributed by atoms with Crippen molar-refractivity contribution in [2.24, 2.45) is 5.92 Å². The summed E-state index contributed by atoms with van der Waals surface area (Å²) in [6, 6.07) is 2.63. The molecular formula is C12H20N4. The maximum absolute atomic E-state index is 4.44. The molecule has 16 heavy (non-hydrogen) atoms. The van der Waals surface area contributed by atoms with Gasteiger partial charge >= 0.3 is 0 Å². The first-order valence-corrected chi connectivity index (χ1v) is 6.09. The van der Waals surface area contributed by atoms with Crippen molar-refractivity contribution in [3.05, 3.63) is 11.8 Å². The lowest BCUT2D eigenvalue weighted by atomic mass is 10.3. The van der Waals surface area contributed by atoms with Gasteiger partial charge in [0.25, 0.3) is 0 Å². The fourth-order valence-corrected chi connectivity index (χ4v) is 1.95. The van der Waals surface area contributed by atoms with Crippen LogP contribution in [-0.4, -0.2) is 22.6 Å². The van der Waals surface area contributed by atoms with Gasteiger partial charge in [0.2, 0.25) is 5.95 Å². The number of nitrogens with zero attached hydrogens (tertiary/aromatic N) is 2. The number of rotatable bonds is 5. The minimum atomic E-state index is 0.619. The number of hydrogen-bond acceptors (Lipinski definition) is 4. The Bertz CT molecular complexity index is 364.